The molecule has 5 heteroatoms. The normalized spacial score (nSPS) is 11.9. The molecule has 0 amide bonds. The standard InChI is InChI=1S/C13H19N3OS/c1-3-13(4-2,7-17)16-9-5-6-10-12(11(9)14)15-8-18-10/h5-6,8,16-17H,3-4,7,14H2,1-2H3. The molecule has 1 aromatic heterocycles. The Morgan fingerprint density at radius 3 is 2.72 bits per heavy atom. The topological polar surface area (TPSA) is 71.2 Å². The second-order valence-corrected chi connectivity index (χ2v) is 5.38. The zero-order valence-electron chi connectivity index (χ0n) is 10.7. The van der Waals surface area contributed by atoms with Gasteiger partial charge in [0.1, 0.15) is 5.52 Å². The molecular formula is C13H19N3OS. The molecule has 0 aliphatic rings. The fraction of sp³-hybridized carbons (Fsp3) is 0.462. The molecule has 1 aromatic carbocycles. The lowest BCUT2D eigenvalue weighted by atomic mass is 9.93. The van der Waals surface area contributed by atoms with Crippen LogP contribution < -0.4 is 11.1 Å². The summed E-state index contributed by atoms with van der Waals surface area (Å²) < 4.78 is 1.08. The van der Waals surface area contributed by atoms with Crippen molar-refractivity contribution in [3.8, 4) is 0 Å². The Morgan fingerprint density at radius 1 is 1.39 bits per heavy atom. The van der Waals surface area contributed by atoms with Crippen LogP contribution in [0.2, 0.25) is 0 Å². The van der Waals surface area contributed by atoms with Gasteiger partial charge in [0.15, 0.2) is 0 Å². The number of thiazole rings is 1. The van der Waals surface area contributed by atoms with E-state index in [-0.39, 0.29) is 12.1 Å². The van der Waals surface area contributed by atoms with Crippen LogP contribution in [0.3, 0.4) is 0 Å². The molecule has 0 atom stereocenters. The average Bonchev–Trinajstić information content (AvgIpc) is 2.88. The fourth-order valence-corrected chi connectivity index (χ4v) is 2.73. The summed E-state index contributed by atoms with van der Waals surface area (Å²) in [5.41, 5.74) is 9.97. The Balaban J connectivity index is 2.39. The number of anilines is 2. The lowest BCUT2D eigenvalue weighted by Gasteiger charge is -2.32. The van der Waals surface area contributed by atoms with Crippen LogP contribution in [0, 0.1) is 0 Å². The molecule has 0 aliphatic heterocycles. The maximum Gasteiger partial charge on any atom is 0.106 e. The third-order valence-corrected chi connectivity index (χ3v) is 4.39. The molecule has 0 saturated carbocycles. The Hall–Kier alpha value is -1.33. The van der Waals surface area contributed by atoms with E-state index in [2.05, 4.69) is 24.1 Å². The van der Waals surface area contributed by atoms with Gasteiger partial charge in [-0.3, -0.25) is 0 Å². The highest BCUT2D eigenvalue weighted by Gasteiger charge is 2.25. The maximum atomic E-state index is 9.59. The van der Waals surface area contributed by atoms with Gasteiger partial charge in [-0.1, -0.05) is 13.8 Å². The number of aromatic nitrogens is 1. The van der Waals surface area contributed by atoms with Crippen LogP contribution >= 0.6 is 11.3 Å². The van der Waals surface area contributed by atoms with Crippen molar-refractivity contribution in [2.75, 3.05) is 17.7 Å². The number of nitrogens with one attached hydrogen (secondary N) is 1. The molecule has 0 unspecified atom stereocenters. The zero-order chi connectivity index (χ0) is 13.2. The van der Waals surface area contributed by atoms with Gasteiger partial charge in [-0.25, -0.2) is 4.98 Å². The van der Waals surface area contributed by atoms with Crippen molar-refractivity contribution >= 4 is 32.9 Å². The van der Waals surface area contributed by atoms with Gasteiger partial charge < -0.3 is 16.2 Å². The first-order valence-corrected chi connectivity index (χ1v) is 7.04. The van der Waals surface area contributed by atoms with Gasteiger partial charge in [-0.05, 0) is 25.0 Å². The molecule has 0 radical (unpaired) electrons. The molecule has 0 bridgehead atoms. The summed E-state index contributed by atoms with van der Waals surface area (Å²) in [6, 6.07) is 3.98. The van der Waals surface area contributed by atoms with Crippen LogP contribution in [0.25, 0.3) is 10.2 Å². The van der Waals surface area contributed by atoms with E-state index in [0.29, 0.717) is 5.69 Å². The molecule has 2 rings (SSSR count). The lowest BCUT2D eigenvalue weighted by molar-refractivity contribution is 0.202. The second kappa shape index (κ2) is 5.12. The largest absolute Gasteiger partial charge is 0.395 e. The summed E-state index contributed by atoms with van der Waals surface area (Å²) in [4.78, 5) is 4.28. The average molecular weight is 265 g/mol. The Bertz CT molecular complexity index is 526. The van der Waals surface area contributed by atoms with E-state index < -0.39 is 0 Å². The summed E-state index contributed by atoms with van der Waals surface area (Å²) in [5, 5.41) is 13.0. The predicted octanol–water partition coefficient (Wildman–Crippen LogP) is 2.84. The molecule has 0 saturated heterocycles. The fourth-order valence-electron chi connectivity index (χ4n) is 2.04. The number of rotatable bonds is 5. The molecule has 18 heavy (non-hydrogen) atoms. The van der Waals surface area contributed by atoms with E-state index in [1.165, 1.54) is 0 Å². The number of fused-ring (bicyclic) bond motifs is 1. The number of hydrogen-bond donors (Lipinski definition) is 3. The zero-order valence-corrected chi connectivity index (χ0v) is 11.5. The summed E-state index contributed by atoms with van der Waals surface area (Å²) in [7, 11) is 0. The van der Waals surface area contributed by atoms with Crippen molar-refractivity contribution in [2.24, 2.45) is 0 Å². The van der Waals surface area contributed by atoms with E-state index in [0.717, 1.165) is 28.7 Å². The molecule has 0 aliphatic carbocycles. The molecule has 1 heterocycles. The second-order valence-electron chi connectivity index (χ2n) is 4.50. The molecule has 4 N–H and O–H groups in total. The van der Waals surface area contributed by atoms with Gasteiger partial charge in [0.25, 0.3) is 0 Å². The molecular weight excluding hydrogens is 246 g/mol. The first-order valence-electron chi connectivity index (χ1n) is 6.16. The number of benzene rings is 1. The number of hydrogen-bond acceptors (Lipinski definition) is 5. The van der Waals surface area contributed by atoms with Gasteiger partial charge in [-0.15, -0.1) is 11.3 Å². The van der Waals surface area contributed by atoms with Crippen LogP contribution in [0.4, 0.5) is 11.4 Å². The summed E-state index contributed by atoms with van der Waals surface area (Å²) >= 11 is 1.58. The van der Waals surface area contributed by atoms with Gasteiger partial charge in [0.2, 0.25) is 0 Å². The van der Waals surface area contributed by atoms with E-state index >= 15 is 0 Å². The molecule has 2 aromatic rings. The summed E-state index contributed by atoms with van der Waals surface area (Å²) in [6.45, 7) is 4.21. The number of aliphatic hydroxyl groups excluding tert-OH is 1. The van der Waals surface area contributed by atoms with Crippen LogP contribution in [0.1, 0.15) is 26.7 Å². The highest BCUT2D eigenvalue weighted by Crippen LogP contribution is 2.33. The van der Waals surface area contributed by atoms with Crippen LogP contribution in [0.5, 0.6) is 0 Å². The maximum absolute atomic E-state index is 9.59. The first-order chi connectivity index (χ1) is 8.65. The summed E-state index contributed by atoms with van der Waals surface area (Å²) in [6.07, 6.45) is 1.68. The molecule has 4 nitrogen and oxygen atoms in total. The van der Waals surface area contributed by atoms with Gasteiger partial charge in [0, 0.05) is 0 Å². The van der Waals surface area contributed by atoms with Crippen molar-refractivity contribution in [1.29, 1.82) is 0 Å². The van der Waals surface area contributed by atoms with Crippen molar-refractivity contribution in [3.63, 3.8) is 0 Å². The number of nitrogens with two attached hydrogens (primary N) is 1. The molecule has 98 valence electrons. The Morgan fingerprint density at radius 2 is 2.11 bits per heavy atom. The van der Waals surface area contributed by atoms with Crippen molar-refractivity contribution in [2.45, 2.75) is 32.2 Å². The number of nitrogen functional groups attached to an aromatic ring is 1. The van der Waals surface area contributed by atoms with Gasteiger partial charge >= 0.3 is 0 Å². The van der Waals surface area contributed by atoms with Crippen LogP contribution in [-0.4, -0.2) is 22.2 Å². The van der Waals surface area contributed by atoms with Gasteiger partial charge in [-0.2, -0.15) is 0 Å². The van der Waals surface area contributed by atoms with Crippen molar-refractivity contribution in [1.82, 2.24) is 4.98 Å². The Labute approximate surface area is 111 Å². The van der Waals surface area contributed by atoms with Crippen LogP contribution in [0.15, 0.2) is 17.6 Å². The van der Waals surface area contributed by atoms with Crippen molar-refractivity contribution in [3.05, 3.63) is 17.6 Å². The third kappa shape index (κ3) is 2.15. The van der Waals surface area contributed by atoms with E-state index in [1.807, 2.05) is 12.1 Å². The smallest absolute Gasteiger partial charge is 0.106 e. The van der Waals surface area contributed by atoms with Crippen LogP contribution in [-0.2, 0) is 0 Å². The minimum Gasteiger partial charge on any atom is -0.395 e. The van der Waals surface area contributed by atoms with E-state index in [4.69, 9.17) is 5.73 Å². The van der Waals surface area contributed by atoms with Gasteiger partial charge in [0.05, 0.1) is 33.7 Å². The SMILES string of the molecule is CCC(CC)(CO)Nc1ccc2scnc2c1N. The summed E-state index contributed by atoms with van der Waals surface area (Å²) in [5.74, 6) is 0. The third-order valence-electron chi connectivity index (χ3n) is 3.60. The molecule has 0 spiro atoms. The lowest BCUT2D eigenvalue weighted by Crippen LogP contribution is -2.41. The quantitative estimate of drug-likeness (QED) is 0.727. The van der Waals surface area contributed by atoms with E-state index in [1.54, 1.807) is 16.8 Å². The minimum absolute atomic E-state index is 0.0918. The number of aliphatic hydroxyl groups is 1. The Kier molecular flexibility index (Phi) is 3.73. The van der Waals surface area contributed by atoms with Crippen molar-refractivity contribution < 1.29 is 5.11 Å². The monoisotopic (exact) mass is 265 g/mol. The number of nitrogens with zero attached hydrogens (tertiary/aromatic N) is 1. The molecule has 0 fully saturated rings. The predicted molar refractivity (Wildman–Crippen MR) is 78.1 cm³/mol. The highest BCUT2D eigenvalue weighted by molar-refractivity contribution is 7.16. The minimum atomic E-state index is -0.308. The van der Waals surface area contributed by atoms with E-state index in [9.17, 15) is 5.11 Å². The highest BCUT2D eigenvalue weighted by atomic mass is 32.1. The first kappa shape index (κ1) is 13.1.